The summed E-state index contributed by atoms with van der Waals surface area (Å²) in [5.41, 5.74) is 1.03. The van der Waals surface area contributed by atoms with Crippen LogP contribution in [0.15, 0.2) is 29.3 Å². The number of nitriles is 1. The monoisotopic (exact) mass is 278 g/mol. The van der Waals surface area contributed by atoms with Crippen molar-refractivity contribution in [3.8, 4) is 6.19 Å². The zero-order valence-electron chi connectivity index (χ0n) is 10.7. The van der Waals surface area contributed by atoms with Gasteiger partial charge in [0.25, 0.3) is 0 Å². The van der Waals surface area contributed by atoms with Gasteiger partial charge >= 0.3 is 0 Å². The first-order valence-corrected chi connectivity index (χ1v) is 7.23. The van der Waals surface area contributed by atoms with Gasteiger partial charge in [-0.25, -0.2) is 4.39 Å². The lowest BCUT2D eigenvalue weighted by atomic mass is 10.2. The molecule has 0 N–H and O–H groups in total. The average Bonchev–Trinajstić information content (AvgIpc) is 2.46. The van der Waals surface area contributed by atoms with Crippen LogP contribution >= 0.6 is 11.8 Å². The second kappa shape index (κ2) is 6.43. The molecule has 1 fully saturated rings. The fraction of sp³-hybridized carbons (Fsp3) is 0.385. The molecule has 1 aromatic rings. The maximum absolute atomic E-state index is 12.9. The van der Waals surface area contributed by atoms with Crippen LogP contribution in [0.2, 0.25) is 0 Å². The molecule has 0 aliphatic carbocycles. The van der Waals surface area contributed by atoms with E-state index >= 15 is 0 Å². The van der Waals surface area contributed by atoms with E-state index in [4.69, 9.17) is 5.26 Å². The molecule has 0 amide bonds. The molecular formula is C13H15FN4S. The summed E-state index contributed by atoms with van der Waals surface area (Å²) < 4.78 is 12.9. The summed E-state index contributed by atoms with van der Waals surface area (Å²) in [5.74, 6) is -0.215. The molecule has 0 atom stereocenters. The van der Waals surface area contributed by atoms with Crippen LogP contribution in [0, 0.1) is 17.3 Å². The Morgan fingerprint density at radius 1 is 1.26 bits per heavy atom. The van der Waals surface area contributed by atoms with Crippen molar-refractivity contribution in [2.24, 2.45) is 4.99 Å². The Morgan fingerprint density at radius 3 is 2.42 bits per heavy atom. The first-order valence-electron chi connectivity index (χ1n) is 6.01. The Hall–Kier alpha value is -1.74. The molecule has 2 rings (SSSR count). The lowest BCUT2D eigenvalue weighted by molar-refractivity contribution is 0.392. The number of nitrogens with zero attached hydrogens (tertiary/aromatic N) is 4. The van der Waals surface area contributed by atoms with Crippen molar-refractivity contribution in [2.75, 3.05) is 37.3 Å². The van der Waals surface area contributed by atoms with E-state index in [-0.39, 0.29) is 5.82 Å². The van der Waals surface area contributed by atoms with Gasteiger partial charge in [0.15, 0.2) is 5.17 Å². The number of aliphatic imine (C=N–C) groups is 1. The molecule has 1 aromatic carbocycles. The molecule has 0 bridgehead atoms. The molecule has 1 aliphatic heterocycles. The number of anilines is 1. The van der Waals surface area contributed by atoms with Crippen LogP contribution in [0.1, 0.15) is 0 Å². The first kappa shape index (κ1) is 13.7. The highest BCUT2D eigenvalue weighted by atomic mass is 32.2. The zero-order chi connectivity index (χ0) is 13.7. The van der Waals surface area contributed by atoms with Crippen LogP contribution in [0.4, 0.5) is 10.1 Å². The predicted octanol–water partition coefficient (Wildman–Crippen LogP) is 2.15. The Kier molecular flexibility index (Phi) is 4.63. The van der Waals surface area contributed by atoms with Gasteiger partial charge in [-0.3, -0.25) is 0 Å². The minimum atomic E-state index is -0.215. The van der Waals surface area contributed by atoms with E-state index < -0.39 is 0 Å². The molecule has 0 saturated carbocycles. The highest BCUT2D eigenvalue weighted by molar-refractivity contribution is 8.13. The van der Waals surface area contributed by atoms with Crippen molar-refractivity contribution in [1.29, 1.82) is 5.26 Å². The molecule has 0 spiro atoms. The molecule has 4 nitrogen and oxygen atoms in total. The SMILES string of the molecule is CSC(=NC#N)N1CCN(c2ccc(F)cc2)CC1. The van der Waals surface area contributed by atoms with E-state index in [1.165, 1.54) is 23.9 Å². The molecule has 19 heavy (non-hydrogen) atoms. The van der Waals surface area contributed by atoms with Gasteiger partial charge in [0.1, 0.15) is 5.82 Å². The fourth-order valence-corrected chi connectivity index (χ4v) is 2.67. The first-order chi connectivity index (χ1) is 9.24. The van der Waals surface area contributed by atoms with Crippen LogP contribution < -0.4 is 4.90 Å². The molecule has 0 unspecified atom stereocenters. The molecule has 100 valence electrons. The molecule has 1 heterocycles. The zero-order valence-corrected chi connectivity index (χ0v) is 11.5. The number of hydrogen-bond acceptors (Lipinski definition) is 4. The third-order valence-electron chi connectivity index (χ3n) is 3.07. The molecule has 1 aliphatic rings. The highest BCUT2D eigenvalue weighted by Gasteiger charge is 2.19. The number of benzene rings is 1. The van der Waals surface area contributed by atoms with Crippen molar-refractivity contribution in [1.82, 2.24) is 4.90 Å². The van der Waals surface area contributed by atoms with Gasteiger partial charge in [-0.15, -0.1) is 4.99 Å². The Labute approximate surface area is 116 Å². The second-order valence-corrected chi connectivity index (χ2v) is 4.92. The number of piperazine rings is 1. The van der Waals surface area contributed by atoms with Crippen LogP contribution in [-0.4, -0.2) is 42.5 Å². The van der Waals surface area contributed by atoms with Crippen molar-refractivity contribution in [3.63, 3.8) is 0 Å². The summed E-state index contributed by atoms with van der Waals surface area (Å²) in [7, 11) is 0. The number of hydrogen-bond donors (Lipinski definition) is 0. The molecule has 0 radical (unpaired) electrons. The summed E-state index contributed by atoms with van der Waals surface area (Å²) in [4.78, 5) is 8.13. The molecular weight excluding hydrogens is 263 g/mol. The summed E-state index contributed by atoms with van der Waals surface area (Å²) in [6.07, 6.45) is 3.75. The van der Waals surface area contributed by atoms with E-state index in [2.05, 4.69) is 14.8 Å². The summed E-state index contributed by atoms with van der Waals surface area (Å²) in [6.45, 7) is 3.32. The smallest absolute Gasteiger partial charge is 0.208 e. The van der Waals surface area contributed by atoms with Gasteiger partial charge in [-0.1, -0.05) is 11.8 Å². The normalized spacial score (nSPS) is 16.4. The number of thioether (sulfide) groups is 1. The molecule has 0 aromatic heterocycles. The Morgan fingerprint density at radius 2 is 1.89 bits per heavy atom. The van der Waals surface area contributed by atoms with Crippen molar-refractivity contribution in [3.05, 3.63) is 30.1 Å². The maximum atomic E-state index is 12.9. The quantitative estimate of drug-likeness (QED) is 0.448. The molecule has 1 saturated heterocycles. The van der Waals surface area contributed by atoms with Gasteiger partial charge in [0, 0.05) is 31.9 Å². The molecule has 6 heteroatoms. The summed E-state index contributed by atoms with van der Waals surface area (Å²) >= 11 is 1.49. The van der Waals surface area contributed by atoms with Crippen LogP contribution in [0.3, 0.4) is 0 Å². The average molecular weight is 278 g/mol. The minimum Gasteiger partial charge on any atom is -0.368 e. The van der Waals surface area contributed by atoms with Gasteiger partial charge in [-0.2, -0.15) is 5.26 Å². The van der Waals surface area contributed by atoms with Gasteiger partial charge in [0.2, 0.25) is 6.19 Å². The van der Waals surface area contributed by atoms with E-state index in [1.54, 1.807) is 12.1 Å². The number of halogens is 1. The standard InChI is InChI=1S/C13H15FN4S/c1-19-13(16-10-15)18-8-6-17(7-9-18)12-4-2-11(14)3-5-12/h2-5H,6-9H2,1H3. The third kappa shape index (κ3) is 3.38. The number of amidine groups is 1. The fourth-order valence-electron chi connectivity index (χ4n) is 2.10. The Bertz CT molecular complexity index is 486. The lowest BCUT2D eigenvalue weighted by Gasteiger charge is -2.36. The summed E-state index contributed by atoms with van der Waals surface area (Å²) in [6, 6.07) is 6.55. The second-order valence-electron chi connectivity index (χ2n) is 4.15. The predicted molar refractivity (Wildman–Crippen MR) is 76.7 cm³/mol. The Balaban J connectivity index is 1.97. The largest absolute Gasteiger partial charge is 0.368 e. The third-order valence-corrected chi connectivity index (χ3v) is 3.78. The lowest BCUT2D eigenvalue weighted by Crippen LogP contribution is -2.48. The van der Waals surface area contributed by atoms with Crippen molar-refractivity contribution >= 4 is 22.6 Å². The van der Waals surface area contributed by atoms with Crippen molar-refractivity contribution < 1.29 is 4.39 Å². The topological polar surface area (TPSA) is 42.6 Å². The van der Waals surface area contributed by atoms with E-state index in [1.807, 2.05) is 12.4 Å². The van der Waals surface area contributed by atoms with E-state index in [9.17, 15) is 4.39 Å². The van der Waals surface area contributed by atoms with E-state index in [0.717, 1.165) is 37.0 Å². The maximum Gasteiger partial charge on any atom is 0.208 e. The van der Waals surface area contributed by atoms with Gasteiger partial charge in [0.05, 0.1) is 0 Å². The highest BCUT2D eigenvalue weighted by Crippen LogP contribution is 2.18. The van der Waals surface area contributed by atoms with E-state index in [0.29, 0.717) is 0 Å². The van der Waals surface area contributed by atoms with Crippen LogP contribution in [0.5, 0.6) is 0 Å². The van der Waals surface area contributed by atoms with Crippen LogP contribution in [0.25, 0.3) is 0 Å². The van der Waals surface area contributed by atoms with Gasteiger partial charge in [-0.05, 0) is 30.5 Å². The van der Waals surface area contributed by atoms with Crippen molar-refractivity contribution in [2.45, 2.75) is 0 Å². The van der Waals surface area contributed by atoms with Gasteiger partial charge < -0.3 is 9.80 Å². The number of rotatable bonds is 1. The summed E-state index contributed by atoms with van der Waals surface area (Å²) in [5, 5.41) is 9.40. The minimum absolute atomic E-state index is 0.215. The van der Waals surface area contributed by atoms with Crippen LogP contribution in [-0.2, 0) is 0 Å².